The van der Waals surface area contributed by atoms with Crippen molar-refractivity contribution in [3.05, 3.63) is 37.9 Å². The molecule has 0 aromatic heterocycles. The van der Waals surface area contributed by atoms with Gasteiger partial charge in [0.15, 0.2) is 0 Å². The number of benzene rings is 1. The molecule has 0 saturated heterocycles. The predicted octanol–water partition coefficient (Wildman–Crippen LogP) is 2.38. The Labute approximate surface area is 97.5 Å². The van der Waals surface area contributed by atoms with E-state index in [0.29, 0.717) is 5.56 Å². The Balaban J connectivity index is 3.60. The van der Waals surface area contributed by atoms with Gasteiger partial charge in [-0.25, -0.2) is 0 Å². The molecule has 0 aliphatic rings. The van der Waals surface area contributed by atoms with Gasteiger partial charge in [-0.15, -0.1) is 0 Å². The van der Waals surface area contributed by atoms with Crippen LogP contribution < -0.4 is 5.73 Å². The van der Waals surface area contributed by atoms with Crippen LogP contribution in [0.15, 0.2) is 12.1 Å². The minimum atomic E-state index is -0.645. The minimum absolute atomic E-state index is 0.194. The SMILES string of the molecule is CC(C)(C)c1cc([N+](=O)[O-])c(N)cc1[N+](=O)[O-]. The van der Waals surface area contributed by atoms with E-state index >= 15 is 0 Å². The largest absolute Gasteiger partial charge is 0.393 e. The summed E-state index contributed by atoms with van der Waals surface area (Å²) in [5.41, 5.74) is 4.45. The van der Waals surface area contributed by atoms with Crippen molar-refractivity contribution in [1.29, 1.82) is 0 Å². The van der Waals surface area contributed by atoms with E-state index in [2.05, 4.69) is 0 Å². The van der Waals surface area contributed by atoms with E-state index in [4.69, 9.17) is 5.73 Å². The molecule has 0 saturated carbocycles. The summed E-state index contributed by atoms with van der Waals surface area (Å²) in [5, 5.41) is 21.6. The summed E-state index contributed by atoms with van der Waals surface area (Å²) < 4.78 is 0. The lowest BCUT2D eigenvalue weighted by Gasteiger charge is -2.18. The number of nitrogens with two attached hydrogens (primary N) is 1. The number of nitrogen functional groups attached to an aromatic ring is 1. The number of rotatable bonds is 2. The summed E-state index contributed by atoms with van der Waals surface area (Å²) in [6.07, 6.45) is 0. The van der Waals surface area contributed by atoms with Crippen LogP contribution in [0.4, 0.5) is 17.1 Å². The highest BCUT2D eigenvalue weighted by atomic mass is 16.6. The molecule has 1 aromatic rings. The molecule has 17 heavy (non-hydrogen) atoms. The van der Waals surface area contributed by atoms with E-state index in [9.17, 15) is 20.2 Å². The molecule has 0 radical (unpaired) electrons. The van der Waals surface area contributed by atoms with Gasteiger partial charge in [0, 0.05) is 17.7 Å². The number of nitrogens with zero attached hydrogens (tertiary/aromatic N) is 2. The average molecular weight is 239 g/mol. The Bertz CT molecular complexity index is 491. The number of nitro groups is 2. The molecule has 1 rings (SSSR count). The number of hydrogen-bond acceptors (Lipinski definition) is 5. The highest BCUT2D eigenvalue weighted by Gasteiger charge is 2.29. The highest BCUT2D eigenvalue weighted by Crippen LogP contribution is 2.37. The predicted molar refractivity (Wildman–Crippen MR) is 62.9 cm³/mol. The van der Waals surface area contributed by atoms with Crippen LogP contribution in [0, 0.1) is 20.2 Å². The van der Waals surface area contributed by atoms with Crippen LogP contribution >= 0.6 is 0 Å². The lowest BCUT2D eigenvalue weighted by atomic mass is 9.85. The molecule has 0 atom stereocenters. The van der Waals surface area contributed by atoms with Crippen molar-refractivity contribution in [2.75, 3.05) is 5.73 Å². The van der Waals surface area contributed by atoms with Crippen molar-refractivity contribution in [3.8, 4) is 0 Å². The molecule has 7 nitrogen and oxygen atoms in total. The van der Waals surface area contributed by atoms with Crippen molar-refractivity contribution >= 4 is 17.1 Å². The lowest BCUT2D eigenvalue weighted by Crippen LogP contribution is -2.15. The lowest BCUT2D eigenvalue weighted by molar-refractivity contribution is -0.389. The van der Waals surface area contributed by atoms with Crippen LogP contribution in [0.25, 0.3) is 0 Å². The molecule has 2 N–H and O–H groups in total. The molecule has 7 heteroatoms. The Morgan fingerprint density at radius 2 is 1.53 bits per heavy atom. The third-order valence-corrected chi connectivity index (χ3v) is 2.35. The Morgan fingerprint density at radius 3 is 1.88 bits per heavy atom. The zero-order valence-corrected chi connectivity index (χ0v) is 9.76. The van der Waals surface area contributed by atoms with Crippen molar-refractivity contribution in [1.82, 2.24) is 0 Å². The second-order valence-electron chi connectivity index (χ2n) is 4.69. The molecule has 0 bridgehead atoms. The fourth-order valence-electron chi connectivity index (χ4n) is 1.50. The van der Waals surface area contributed by atoms with Crippen molar-refractivity contribution in [3.63, 3.8) is 0 Å². The molecule has 0 spiro atoms. The van der Waals surface area contributed by atoms with Gasteiger partial charge in [0.25, 0.3) is 11.4 Å². The van der Waals surface area contributed by atoms with Crippen molar-refractivity contribution in [2.24, 2.45) is 0 Å². The quantitative estimate of drug-likeness (QED) is 0.483. The Morgan fingerprint density at radius 1 is 1.06 bits per heavy atom. The van der Waals surface area contributed by atoms with Crippen LogP contribution in [0.5, 0.6) is 0 Å². The summed E-state index contributed by atoms with van der Waals surface area (Å²) in [7, 11) is 0. The molecular formula is C10H13N3O4. The summed E-state index contributed by atoms with van der Waals surface area (Å²) in [6.45, 7) is 5.24. The molecule has 92 valence electrons. The van der Waals surface area contributed by atoms with E-state index in [1.165, 1.54) is 6.07 Å². The first-order chi connectivity index (χ1) is 7.64. The normalized spacial score (nSPS) is 11.2. The molecule has 0 fully saturated rings. The number of anilines is 1. The van der Waals surface area contributed by atoms with E-state index in [1.807, 2.05) is 0 Å². The van der Waals surface area contributed by atoms with Gasteiger partial charge < -0.3 is 5.73 Å². The van der Waals surface area contributed by atoms with E-state index in [-0.39, 0.29) is 17.1 Å². The maximum atomic E-state index is 10.9. The first kappa shape index (κ1) is 12.9. The second kappa shape index (κ2) is 4.00. The van der Waals surface area contributed by atoms with Crippen LogP contribution in [0.3, 0.4) is 0 Å². The summed E-state index contributed by atoms with van der Waals surface area (Å²) in [6, 6.07) is 2.21. The van der Waals surface area contributed by atoms with Crippen molar-refractivity contribution < 1.29 is 9.85 Å². The summed E-state index contributed by atoms with van der Waals surface area (Å²) in [5.74, 6) is 0. The number of nitro benzene ring substituents is 2. The zero-order valence-electron chi connectivity index (χ0n) is 9.76. The van der Waals surface area contributed by atoms with E-state index in [1.54, 1.807) is 20.8 Å². The molecule has 1 aromatic carbocycles. The fourth-order valence-corrected chi connectivity index (χ4v) is 1.50. The summed E-state index contributed by atoms with van der Waals surface area (Å²) >= 11 is 0. The zero-order chi connectivity index (χ0) is 13.4. The summed E-state index contributed by atoms with van der Waals surface area (Å²) in [4.78, 5) is 20.4. The van der Waals surface area contributed by atoms with Crippen LogP contribution in [0.1, 0.15) is 26.3 Å². The van der Waals surface area contributed by atoms with Gasteiger partial charge in [-0.1, -0.05) is 20.8 Å². The van der Waals surface area contributed by atoms with Gasteiger partial charge in [-0.3, -0.25) is 20.2 Å². The second-order valence-corrected chi connectivity index (χ2v) is 4.69. The Hall–Kier alpha value is -2.18. The van der Waals surface area contributed by atoms with Crippen LogP contribution in [0.2, 0.25) is 0 Å². The smallest absolute Gasteiger partial charge is 0.292 e. The molecular weight excluding hydrogens is 226 g/mol. The maximum Gasteiger partial charge on any atom is 0.292 e. The van der Waals surface area contributed by atoms with E-state index in [0.717, 1.165) is 6.07 Å². The highest BCUT2D eigenvalue weighted by molar-refractivity contribution is 5.67. The van der Waals surface area contributed by atoms with Gasteiger partial charge in [0.1, 0.15) is 5.69 Å². The van der Waals surface area contributed by atoms with Crippen LogP contribution in [-0.2, 0) is 5.41 Å². The third-order valence-electron chi connectivity index (χ3n) is 2.35. The molecule has 0 aliphatic heterocycles. The van der Waals surface area contributed by atoms with Gasteiger partial charge in [0.05, 0.1) is 9.85 Å². The van der Waals surface area contributed by atoms with Crippen molar-refractivity contribution in [2.45, 2.75) is 26.2 Å². The monoisotopic (exact) mass is 239 g/mol. The van der Waals surface area contributed by atoms with E-state index < -0.39 is 15.3 Å². The van der Waals surface area contributed by atoms with Gasteiger partial charge in [0.2, 0.25) is 0 Å². The molecule has 0 amide bonds. The number of hydrogen-bond donors (Lipinski definition) is 1. The van der Waals surface area contributed by atoms with Gasteiger partial charge in [-0.05, 0) is 5.41 Å². The first-order valence-electron chi connectivity index (χ1n) is 4.87. The maximum absolute atomic E-state index is 10.9. The Kier molecular flexibility index (Phi) is 3.03. The molecule has 0 unspecified atom stereocenters. The third kappa shape index (κ3) is 2.49. The van der Waals surface area contributed by atoms with Gasteiger partial charge >= 0.3 is 0 Å². The first-order valence-corrected chi connectivity index (χ1v) is 4.87. The topological polar surface area (TPSA) is 112 Å². The average Bonchev–Trinajstić information content (AvgIpc) is 2.14. The molecule has 0 heterocycles. The standard InChI is InChI=1S/C10H13N3O4/c1-10(2,3)6-4-9(13(16)17)7(11)5-8(6)12(14)15/h4-5H,11H2,1-3H3. The minimum Gasteiger partial charge on any atom is -0.393 e. The van der Waals surface area contributed by atoms with Crippen LogP contribution in [-0.4, -0.2) is 9.85 Å². The molecule has 0 aliphatic carbocycles. The fraction of sp³-hybridized carbons (Fsp3) is 0.400. The van der Waals surface area contributed by atoms with Gasteiger partial charge in [-0.2, -0.15) is 0 Å².